The predicted octanol–water partition coefficient (Wildman–Crippen LogP) is 7.62. The first-order valence-corrected chi connectivity index (χ1v) is 16.0. The van der Waals surface area contributed by atoms with Gasteiger partial charge >= 0.3 is 12.2 Å². The van der Waals surface area contributed by atoms with Crippen molar-refractivity contribution in [2.75, 3.05) is 45.9 Å². The molecule has 0 bridgehead atoms. The third-order valence-corrected chi connectivity index (χ3v) is 7.31. The first kappa shape index (κ1) is 34.4. The van der Waals surface area contributed by atoms with Crippen LogP contribution in [0.5, 0.6) is 0 Å². The molecule has 0 saturated carbocycles. The van der Waals surface area contributed by atoms with Crippen LogP contribution < -0.4 is 5.32 Å². The summed E-state index contributed by atoms with van der Waals surface area (Å²) in [5.41, 5.74) is 0. The monoisotopic (exact) mass is 558 g/mol. The Labute approximate surface area is 235 Å². The van der Waals surface area contributed by atoms with Crippen LogP contribution in [0.15, 0.2) is 11.6 Å². The summed E-state index contributed by atoms with van der Waals surface area (Å²) in [6, 6.07) is 0. The lowest BCUT2D eigenvalue weighted by atomic mass is 10.0. The second-order valence-corrected chi connectivity index (χ2v) is 10.8. The number of thioether (sulfide) groups is 1. The minimum atomic E-state index is -0.774. The maximum Gasteiger partial charge on any atom is 0.508 e. The fourth-order valence-corrected chi connectivity index (χ4v) is 4.94. The van der Waals surface area contributed by atoms with Gasteiger partial charge in [-0.15, -0.1) is 11.8 Å². The normalized spacial score (nSPS) is 13.5. The lowest BCUT2D eigenvalue weighted by Gasteiger charge is -2.18. The van der Waals surface area contributed by atoms with E-state index in [1.165, 1.54) is 96.9 Å². The standard InChI is InChI=1S/C29H54N2O6S/c1-3-4-5-6-7-8-9-10-11-12-13-14-15-16-17-18-21-34-24-27(37-28(32)30-2)25-36-29(33)35-22-19-31-20-23-38-26-31/h20,23,27H,3-19,21-22,24-26H2,1-2H3,(H,30,32)/t27-/m0/s1. The van der Waals surface area contributed by atoms with Gasteiger partial charge in [0.1, 0.15) is 13.2 Å². The van der Waals surface area contributed by atoms with E-state index >= 15 is 0 Å². The molecule has 9 heteroatoms. The third kappa shape index (κ3) is 21.3. The van der Waals surface area contributed by atoms with E-state index in [2.05, 4.69) is 12.2 Å². The number of nitrogens with zero attached hydrogens (tertiary/aromatic N) is 1. The Balaban J connectivity index is 1.95. The van der Waals surface area contributed by atoms with E-state index in [1.54, 1.807) is 11.8 Å². The number of rotatable bonds is 25. The number of carbonyl (C=O) groups is 2. The molecule has 0 aromatic rings. The topological polar surface area (TPSA) is 86.3 Å². The number of nitrogens with one attached hydrogen (secondary N) is 1. The summed E-state index contributed by atoms with van der Waals surface area (Å²) in [5, 5.41) is 4.41. The number of hydrogen-bond donors (Lipinski definition) is 1. The second kappa shape index (κ2) is 25.7. The van der Waals surface area contributed by atoms with Gasteiger partial charge in [0.15, 0.2) is 6.10 Å². The molecule has 0 radical (unpaired) electrons. The lowest BCUT2D eigenvalue weighted by Crippen LogP contribution is -2.33. The molecule has 0 spiro atoms. The van der Waals surface area contributed by atoms with E-state index < -0.39 is 18.4 Å². The molecule has 0 unspecified atom stereocenters. The average molecular weight is 559 g/mol. The molecule has 0 aliphatic carbocycles. The Hall–Kier alpha value is -1.61. The summed E-state index contributed by atoms with van der Waals surface area (Å²) >= 11 is 1.69. The molecule has 1 amide bonds. The zero-order valence-electron chi connectivity index (χ0n) is 24.1. The summed E-state index contributed by atoms with van der Waals surface area (Å²) in [7, 11) is 1.48. The van der Waals surface area contributed by atoms with Crippen LogP contribution in [-0.2, 0) is 18.9 Å². The molecule has 0 aromatic carbocycles. The van der Waals surface area contributed by atoms with Crippen molar-refractivity contribution < 1.29 is 28.5 Å². The molecule has 1 aliphatic heterocycles. The van der Waals surface area contributed by atoms with Crippen molar-refractivity contribution in [3.63, 3.8) is 0 Å². The molecule has 222 valence electrons. The van der Waals surface area contributed by atoms with Crippen molar-refractivity contribution >= 4 is 24.0 Å². The number of carbonyl (C=O) groups excluding carboxylic acids is 2. The lowest BCUT2D eigenvalue weighted by molar-refractivity contribution is -0.0270. The summed E-state index contributed by atoms with van der Waals surface area (Å²) in [5.74, 6) is 0.858. The molecule has 0 fully saturated rings. The van der Waals surface area contributed by atoms with Crippen molar-refractivity contribution in [2.24, 2.45) is 0 Å². The number of amides is 1. The molecule has 0 saturated heterocycles. The number of alkyl carbamates (subject to hydrolysis) is 1. The van der Waals surface area contributed by atoms with Crippen LogP contribution in [0.3, 0.4) is 0 Å². The Kier molecular flexibility index (Phi) is 23.2. The van der Waals surface area contributed by atoms with Crippen molar-refractivity contribution in [3.8, 4) is 0 Å². The van der Waals surface area contributed by atoms with Gasteiger partial charge in [-0.2, -0.15) is 0 Å². The molecule has 1 heterocycles. The molecular formula is C29H54N2O6S. The van der Waals surface area contributed by atoms with Crippen LogP contribution in [0.25, 0.3) is 0 Å². The van der Waals surface area contributed by atoms with E-state index in [-0.39, 0.29) is 19.8 Å². The summed E-state index contributed by atoms with van der Waals surface area (Å²) in [6.45, 7) is 3.78. The quantitative estimate of drug-likeness (QED) is 0.0904. The van der Waals surface area contributed by atoms with Gasteiger partial charge in [-0.25, -0.2) is 9.59 Å². The highest BCUT2D eigenvalue weighted by atomic mass is 32.2. The maximum absolute atomic E-state index is 11.8. The minimum absolute atomic E-state index is 0.106. The van der Waals surface area contributed by atoms with Gasteiger partial charge in [-0.1, -0.05) is 103 Å². The van der Waals surface area contributed by atoms with Gasteiger partial charge in [0.25, 0.3) is 0 Å². The fraction of sp³-hybridized carbons (Fsp3) is 0.862. The highest BCUT2D eigenvalue weighted by Crippen LogP contribution is 2.15. The Morgan fingerprint density at radius 2 is 1.39 bits per heavy atom. The fourth-order valence-electron chi connectivity index (χ4n) is 4.19. The first-order chi connectivity index (χ1) is 18.7. The molecule has 1 N–H and O–H groups in total. The molecule has 0 aromatic heterocycles. The van der Waals surface area contributed by atoms with Crippen molar-refractivity contribution in [3.05, 3.63) is 11.6 Å². The molecule has 8 nitrogen and oxygen atoms in total. The largest absolute Gasteiger partial charge is 0.508 e. The van der Waals surface area contributed by atoms with Crippen molar-refractivity contribution in [1.82, 2.24) is 10.2 Å². The molecule has 1 rings (SSSR count). The van der Waals surface area contributed by atoms with E-state index in [0.717, 1.165) is 18.7 Å². The average Bonchev–Trinajstić information content (AvgIpc) is 3.44. The van der Waals surface area contributed by atoms with E-state index in [9.17, 15) is 9.59 Å². The van der Waals surface area contributed by atoms with Crippen LogP contribution >= 0.6 is 11.8 Å². The third-order valence-electron chi connectivity index (χ3n) is 6.52. The molecular weight excluding hydrogens is 504 g/mol. The number of ether oxygens (including phenoxy) is 4. The van der Waals surface area contributed by atoms with E-state index in [0.29, 0.717) is 13.2 Å². The smallest absolute Gasteiger partial charge is 0.440 e. The van der Waals surface area contributed by atoms with E-state index in [1.807, 2.05) is 16.5 Å². The van der Waals surface area contributed by atoms with E-state index in [4.69, 9.17) is 18.9 Å². The van der Waals surface area contributed by atoms with Crippen molar-refractivity contribution in [1.29, 1.82) is 0 Å². The summed E-state index contributed by atoms with van der Waals surface area (Å²) in [4.78, 5) is 25.5. The SMILES string of the molecule is CCCCCCCCCCCCCCCCCCOC[C@@H](COC(=O)OCCN1C=CSC1)OC(=O)NC. The van der Waals surface area contributed by atoms with Gasteiger partial charge in [-0.3, -0.25) is 0 Å². The second-order valence-electron chi connectivity index (χ2n) is 9.96. The van der Waals surface area contributed by atoms with Crippen LogP contribution in [0.2, 0.25) is 0 Å². The Morgan fingerprint density at radius 3 is 1.92 bits per heavy atom. The van der Waals surface area contributed by atoms with Crippen LogP contribution in [0.4, 0.5) is 9.59 Å². The van der Waals surface area contributed by atoms with Gasteiger partial charge in [-0.05, 0) is 11.8 Å². The highest BCUT2D eigenvalue weighted by molar-refractivity contribution is 8.02. The zero-order chi connectivity index (χ0) is 27.5. The van der Waals surface area contributed by atoms with Gasteiger partial charge in [0, 0.05) is 19.9 Å². The zero-order valence-corrected chi connectivity index (χ0v) is 24.9. The first-order valence-electron chi connectivity index (χ1n) is 14.9. The minimum Gasteiger partial charge on any atom is -0.440 e. The van der Waals surface area contributed by atoms with Gasteiger partial charge in [0.05, 0.1) is 19.0 Å². The van der Waals surface area contributed by atoms with Gasteiger partial charge in [0.2, 0.25) is 0 Å². The number of unbranched alkanes of at least 4 members (excludes halogenated alkanes) is 15. The van der Waals surface area contributed by atoms with Crippen molar-refractivity contribution in [2.45, 2.75) is 116 Å². The van der Waals surface area contributed by atoms with Crippen LogP contribution in [0.1, 0.15) is 110 Å². The number of hydrogen-bond acceptors (Lipinski definition) is 8. The predicted molar refractivity (Wildman–Crippen MR) is 155 cm³/mol. The summed E-state index contributed by atoms with van der Waals surface area (Å²) < 4.78 is 21.1. The van der Waals surface area contributed by atoms with Crippen LogP contribution in [0, 0.1) is 0 Å². The van der Waals surface area contributed by atoms with Gasteiger partial charge < -0.3 is 29.2 Å². The Morgan fingerprint density at radius 1 is 0.816 bits per heavy atom. The Bertz CT molecular complexity index is 608. The summed E-state index contributed by atoms with van der Waals surface area (Å²) in [6.07, 6.45) is 21.2. The molecule has 1 aliphatic rings. The molecule has 38 heavy (non-hydrogen) atoms. The van der Waals surface area contributed by atoms with Crippen LogP contribution in [-0.4, -0.2) is 69.1 Å². The molecule has 1 atom stereocenters. The maximum atomic E-state index is 11.8. The highest BCUT2D eigenvalue weighted by Gasteiger charge is 2.18.